The first-order valence-corrected chi connectivity index (χ1v) is 6.14. The molecule has 0 radical (unpaired) electrons. The number of amides is 2. The van der Waals surface area contributed by atoms with E-state index in [1.807, 2.05) is 6.07 Å². The minimum Gasteiger partial charge on any atom is -0.308 e. The topological polar surface area (TPSA) is 62.3 Å². The summed E-state index contributed by atoms with van der Waals surface area (Å²) in [5, 5.41) is 2.74. The molecule has 0 aliphatic rings. The summed E-state index contributed by atoms with van der Waals surface area (Å²) < 4.78 is 0. The first-order valence-electron chi connectivity index (χ1n) is 6.14. The molecule has 1 N–H and O–H groups in total. The van der Waals surface area contributed by atoms with E-state index in [0.29, 0.717) is 17.1 Å². The Labute approximate surface area is 117 Å². The normalized spacial score (nSPS) is 9.90. The minimum atomic E-state index is -0.292. The van der Waals surface area contributed by atoms with Crippen LogP contribution in [0.15, 0.2) is 48.7 Å². The van der Waals surface area contributed by atoms with E-state index in [-0.39, 0.29) is 11.8 Å². The molecule has 2 amide bonds. The highest BCUT2D eigenvalue weighted by molar-refractivity contribution is 6.01. The van der Waals surface area contributed by atoms with Gasteiger partial charge in [0.1, 0.15) is 5.82 Å². The summed E-state index contributed by atoms with van der Waals surface area (Å²) in [7, 11) is 1.64. The van der Waals surface area contributed by atoms with Crippen LogP contribution in [0.5, 0.6) is 0 Å². The fraction of sp³-hybridized carbons (Fsp3) is 0.133. The Morgan fingerprint density at radius 3 is 2.35 bits per heavy atom. The van der Waals surface area contributed by atoms with Crippen molar-refractivity contribution in [2.75, 3.05) is 17.3 Å². The van der Waals surface area contributed by atoms with Crippen LogP contribution < -0.4 is 10.2 Å². The predicted molar refractivity (Wildman–Crippen MR) is 78.1 cm³/mol. The molecule has 0 bridgehead atoms. The van der Waals surface area contributed by atoms with Gasteiger partial charge in [-0.25, -0.2) is 9.78 Å². The Morgan fingerprint density at radius 2 is 1.80 bits per heavy atom. The third kappa shape index (κ3) is 3.20. The van der Waals surface area contributed by atoms with Crippen LogP contribution in [0.3, 0.4) is 0 Å². The van der Waals surface area contributed by atoms with Gasteiger partial charge in [0.15, 0.2) is 5.78 Å². The van der Waals surface area contributed by atoms with Crippen molar-refractivity contribution in [3.05, 3.63) is 54.2 Å². The van der Waals surface area contributed by atoms with Gasteiger partial charge in [0.2, 0.25) is 0 Å². The van der Waals surface area contributed by atoms with Crippen molar-refractivity contribution < 1.29 is 9.59 Å². The molecule has 0 aliphatic heterocycles. The third-order valence-corrected chi connectivity index (χ3v) is 2.84. The summed E-state index contributed by atoms with van der Waals surface area (Å²) in [6.07, 6.45) is 1.63. The zero-order chi connectivity index (χ0) is 14.5. The number of nitrogens with zero attached hydrogens (tertiary/aromatic N) is 2. The Bertz CT molecular complexity index is 609. The van der Waals surface area contributed by atoms with Crippen molar-refractivity contribution in [3.8, 4) is 0 Å². The zero-order valence-electron chi connectivity index (χ0n) is 11.3. The highest BCUT2D eigenvalue weighted by Crippen LogP contribution is 2.13. The number of urea groups is 1. The maximum absolute atomic E-state index is 12.0. The van der Waals surface area contributed by atoms with Crippen LogP contribution in [-0.4, -0.2) is 23.8 Å². The van der Waals surface area contributed by atoms with Gasteiger partial charge in [-0.2, -0.15) is 0 Å². The SMILES string of the molecule is CC(=O)c1ccc(NC(=O)N(C)c2ccccn2)cc1. The maximum atomic E-state index is 12.0. The highest BCUT2D eigenvalue weighted by Gasteiger charge is 2.11. The fourth-order valence-electron chi connectivity index (χ4n) is 1.65. The van der Waals surface area contributed by atoms with Crippen LogP contribution in [0.25, 0.3) is 0 Å². The van der Waals surface area contributed by atoms with Crippen LogP contribution >= 0.6 is 0 Å². The van der Waals surface area contributed by atoms with Gasteiger partial charge in [-0.15, -0.1) is 0 Å². The number of aromatic nitrogens is 1. The van der Waals surface area contributed by atoms with E-state index >= 15 is 0 Å². The lowest BCUT2D eigenvalue weighted by molar-refractivity contribution is 0.101. The quantitative estimate of drug-likeness (QED) is 0.871. The number of anilines is 2. The smallest absolute Gasteiger partial charge is 0.308 e. The molecule has 5 nitrogen and oxygen atoms in total. The first kappa shape index (κ1) is 13.7. The second-order valence-corrected chi connectivity index (χ2v) is 4.31. The number of rotatable bonds is 3. The van der Waals surface area contributed by atoms with Gasteiger partial charge in [0.25, 0.3) is 0 Å². The number of benzene rings is 1. The summed E-state index contributed by atoms with van der Waals surface area (Å²) in [6.45, 7) is 1.50. The molecular weight excluding hydrogens is 254 g/mol. The molecular formula is C15H15N3O2. The van der Waals surface area contributed by atoms with Gasteiger partial charge in [0, 0.05) is 24.5 Å². The molecule has 0 unspecified atom stereocenters. The molecule has 2 aromatic rings. The van der Waals surface area contributed by atoms with E-state index in [9.17, 15) is 9.59 Å². The lowest BCUT2D eigenvalue weighted by Gasteiger charge is -2.16. The predicted octanol–water partition coefficient (Wildman–Crippen LogP) is 2.95. The standard InChI is InChI=1S/C15H15N3O2/c1-11(19)12-6-8-13(9-7-12)17-15(20)18(2)14-5-3-4-10-16-14/h3-10H,1-2H3,(H,17,20). The maximum Gasteiger partial charge on any atom is 0.327 e. The molecule has 20 heavy (non-hydrogen) atoms. The summed E-state index contributed by atoms with van der Waals surface area (Å²) in [4.78, 5) is 28.7. The van der Waals surface area contributed by atoms with E-state index in [4.69, 9.17) is 0 Å². The number of nitrogens with one attached hydrogen (secondary N) is 1. The van der Waals surface area contributed by atoms with E-state index < -0.39 is 0 Å². The number of hydrogen-bond acceptors (Lipinski definition) is 3. The van der Waals surface area contributed by atoms with Gasteiger partial charge in [-0.1, -0.05) is 6.07 Å². The molecule has 1 aromatic heterocycles. The fourth-order valence-corrected chi connectivity index (χ4v) is 1.65. The lowest BCUT2D eigenvalue weighted by Crippen LogP contribution is -2.31. The van der Waals surface area contributed by atoms with Crippen molar-refractivity contribution in [3.63, 3.8) is 0 Å². The molecule has 0 fully saturated rings. The van der Waals surface area contributed by atoms with Crippen molar-refractivity contribution >= 4 is 23.3 Å². The van der Waals surface area contributed by atoms with Gasteiger partial charge < -0.3 is 5.32 Å². The van der Waals surface area contributed by atoms with E-state index in [2.05, 4.69) is 10.3 Å². The summed E-state index contributed by atoms with van der Waals surface area (Å²) >= 11 is 0. The Balaban J connectivity index is 2.06. The second-order valence-electron chi connectivity index (χ2n) is 4.31. The van der Waals surface area contributed by atoms with Crippen molar-refractivity contribution in [1.82, 2.24) is 4.98 Å². The third-order valence-electron chi connectivity index (χ3n) is 2.84. The van der Waals surface area contributed by atoms with Crippen LogP contribution in [-0.2, 0) is 0 Å². The highest BCUT2D eigenvalue weighted by atomic mass is 16.2. The van der Waals surface area contributed by atoms with Crippen molar-refractivity contribution in [2.24, 2.45) is 0 Å². The molecule has 0 saturated carbocycles. The molecule has 102 valence electrons. The number of carbonyl (C=O) groups is 2. The molecule has 0 saturated heterocycles. The van der Waals surface area contributed by atoms with Gasteiger partial charge in [-0.3, -0.25) is 9.69 Å². The van der Waals surface area contributed by atoms with E-state index in [1.54, 1.807) is 49.6 Å². The van der Waals surface area contributed by atoms with Gasteiger partial charge >= 0.3 is 6.03 Å². The number of carbonyl (C=O) groups excluding carboxylic acids is 2. The summed E-state index contributed by atoms with van der Waals surface area (Å²) in [6, 6.07) is 11.8. The van der Waals surface area contributed by atoms with Crippen LogP contribution in [0.4, 0.5) is 16.3 Å². The zero-order valence-corrected chi connectivity index (χ0v) is 11.3. The average molecular weight is 269 g/mol. The molecule has 0 spiro atoms. The Morgan fingerprint density at radius 1 is 1.10 bits per heavy atom. The Hall–Kier alpha value is -2.69. The first-order chi connectivity index (χ1) is 9.58. The minimum absolute atomic E-state index is 0.00604. The summed E-state index contributed by atoms with van der Waals surface area (Å²) in [5.41, 5.74) is 1.24. The second kappa shape index (κ2) is 5.97. The van der Waals surface area contributed by atoms with Gasteiger partial charge in [0.05, 0.1) is 0 Å². The van der Waals surface area contributed by atoms with Crippen LogP contribution in [0.2, 0.25) is 0 Å². The largest absolute Gasteiger partial charge is 0.327 e. The van der Waals surface area contributed by atoms with Crippen LogP contribution in [0.1, 0.15) is 17.3 Å². The van der Waals surface area contributed by atoms with E-state index in [0.717, 1.165) is 0 Å². The molecule has 2 rings (SSSR count). The molecule has 1 heterocycles. The van der Waals surface area contributed by atoms with Gasteiger partial charge in [-0.05, 0) is 43.3 Å². The monoisotopic (exact) mass is 269 g/mol. The molecule has 1 aromatic carbocycles. The number of Topliss-reactive ketones (excluding diaryl/α,β-unsaturated/α-hetero) is 1. The molecule has 0 aliphatic carbocycles. The molecule has 0 atom stereocenters. The molecule has 5 heteroatoms. The van der Waals surface area contributed by atoms with E-state index in [1.165, 1.54) is 11.8 Å². The van der Waals surface area contributed by atoms with Crippen molar-refractivity contribution in [1.29, 1.82) is 0 Å². The van der Waals surface area contributed by atoms with Crippen molar-refractivity contribution in [2.45, 2.75) is 6.92 Å². The summed E-state index contributed by atoms with van der Waals surface area (Å²) in [5.74, 6) is 0.554. The number of pyridine rings is 1. The number of ketones is 1. The number of hydrogen-bond donors (Lipinski definition) is 1. The Kier molecular flexibility index (Phi) is 4.10. The van der Waals surface area contributed by atoms with Crippen LogP contribution in [0, 0.1) is 0 Å². The lowest BCUT2D eigenvalue weighted by atomic mass is 10.1. The average Bonchev–Trinajstić information content (AvgIpc) is 2.48.